The number of rotatable bonds is 37. The predicted octanol–water partition coefficient (Wildman–Crippen LogP) is 4.59. The number of ether oxygens (including phenoxy) is 3. The number of amides is 5. The molecule has 0 bridgehead atoms. The maximum Gasteiger partial charge on any atom is 0.221 e. The van der Waals surface area contributed by atoms with Gasteiger partial charge in [0.2, 0.25) is 29.5 Å². The first-order valence-electron chi connectivity index (χ1n) is 19.8. The van der Waals surface area contributed by atoms with Crippen LogP contribution >= 0.6 is 0 Å². The Kier molecular flexibility index (Phi) is 32.5. The van der Waals surface area contributed by atoms with Gasteiger partial charge in [0.15, 0.2) is 0 Å². The van der Waals surface area contributed by atoms with Crippen LogP contribution in [0.3, 0.4) is 0 Å². The molecule has 0 fully saturated rings. The number of unbranched alkanes of at least 4 members (excludes halogenated alkanes) is 9. The summed E-state index contributed by atoms with van der Waals surface area (Å²) in [6.45, 7) is 9.07. The summed E-state index contributed by atoms with van der Waals surface area (Å²) in [6.07, 6.45) is 15.6. The maximum atomic E-state index is 12.9. The SMILES string of the molecule is CCCCCCC(=O)NCCCOCC(COCCCNC(=O)CCCCCC)(COCCCNC(=O)CCCCCC)NC(=O)CCC(N)=O. The van der Waals surface area contributed by atoms with Crippen LogP contribution in [0.25, 0.3) is 0 Å². The average Bonchev–Trinajstić information content (AvgIpc) is 3.10. The fourth-order valence-electron chi connectivity index (χ4n) is 5.24. The molecule has 0 atom stereocenters. The molecule has 5 amide bonds. The number of hydrogen-bond acceptors (Lipinski definition) is 8. The van der Waals surface area contributed by atoms with E-state index in [4.69, 9.17) is 19.9 Å². The lowest BCUT2D eigenvalue weighted by Gasteiger charge is -2.34. The standard InChI is InChI=1S/C38H73N5O8/c1-4-7-10-13-19-34(45)40-24-16-27-49-30-38(43-37(48)23-22-33(39)44,31-50-28-17-25-41-35(46)20-14-11-8-5-2)32-51-29-18-26-42-36(47)21-15-12-9-6-3/h4-32H2,1-3H3,(H2,39,44)(H,40,45)(H,41,46)(H,42,47)(H,43,48). The second kappa shape index (κ2) is 34.3. The first kappa shape index (κ1) is 48.2. The zero-order valence-electron chi connectivity index (χ0n) is 32.3. The lowest BCUT2D eigenvalue weighted by molar-refractivity contribution is -0.130. The van der Waals surface area contributed by atoms with Crippen LogP contribution in [0.4, 0.5) is 0 Å². The fraction of sp³-hybridized carbons (Fsp3) is 0.868. The van der Waals surface area contributed by atoms with Gasteiger partial charge in [-0.05, 0) is 38.5 Å². The summed E-state index contributed by atoms with van der Waals surface area (Å²) in [6, 6.07) is 0. The molecule has 13 nitrogen and oxygen atoms in total. The molecule has 0 rings (SSSR count). The average molecular weight is 728 g/mol. The van der Waals surface area contributed by atoms with Crippen LogP contribution in [-0.2, 0) is 38.2 Å². The second-order valence-electron chi connectivity index (χ2n) is 13.5. The van der Waals surface area contributed by atoms with Crippen molar-refractivity contribution in [2.45, 2.75) is 155 Å². The summed E-state index contributed by atoms with van der Waals surface area (Å²) < 4.78 is 18.1. The summed E-state index contributed by atoms with van der Waals surface area (Å²) >= 11 is 0. The maximum absolute atomic E-state index is 12.9. The number of carbonyl (C=O) groups is 5. The molecule has 0 saturated heterocycles. The molecule has 0 aromatic carbocycles. The van der Waals surface area contributed by atoms with Crippen molar-refractivity contribution in [3.05, 3.63) is 0 Å². The number of carbonyl (C=O) groups excluding carboxylic acids is 5. The van der Waals surface area contributed by atoms with Gasteiger partial charge in [0.1, 0.15) is 5.54 Å². The summed E-state index contributed by atoms with van der Waals surface area (Å²) in [4.78, 5) is 60.7. The molecule has 0 heterocycles. The van der Waals surface area contributed by atoms with E-state index in [0.29, 0.717) is 78.0 Å². The molecule has 0 aromatic heterocycles. The van der Waals surface area contributed by atoms with E-state index in [1.54, 1.807) is 0 Å². The number of nitrogens with one attached hydrogen (secondary N) is 4. The zero-order valence-corrected chi connectivity index (χ0v) is 32.3. The van der Waals surface area contributed by atoms with Crippen LogP contribution in [0.1, 0.15) is 149 Å². The van der Waals surface area contributed by atoms with Crippen LogP contribution in [0.2, 0.25) is 0 Å². The van der Waals surface area contributed by atoms with Gasteiger partial charge in [0, 0.05) is 71.6 Å². The van der Waals surface area contributed by atoms with Crippen LogP contribution in [-0.4, -0.2) is 94.4 Å². The first-order chi connectivity index (χ1) is 24.7. The van der Waals surface area contributed by atoms with Gasteiger partial charge < -0.3 is 41.2 Å². The minimum atomic E-state index is -1.07. The Morgan fingerprint density at radius 1 is 0.451 bits per heavy atom. The van der Waals surface area contributed by atoms with E-state index in [-0.39, 0.29) is 56.3 Å². The third kappa shape index (κ3) is 31.7. The van der Waals surface area contributed by atoms with Crippen molar-refractivity contribution < 1.29 is 38.2 Å². The van der Waals surface area contributed by atoms with E-state index in [1.807, 2.05) is 0 Å². The molecular formula is C38H73N5O8. The Labute approximate surface area is 308 Å². The van der Waals surface area contributed by atoms with Crippen molar-refractivity contribution in [2.75, 3.05) is 59.3 Å². The van der Waals surface area contributed by atoms with Crippen LogP contribution in [0.15, 0.2) is 0 Å². The summed E-state index contributed by atoms with van der Waals surface area (Å²) in [5.41, 5.74) is 4.22. The van der Waals surface area contributed by atoms with Crippen molar-refractivity contribution >= 4 is 29.5 Å². The Morgan fingerprint density at radius 3 is 1.12 bits per heavy atom. The van der Waals surface area contributed by atoms with E-state index in [1.165, 1.54) is 0 Å². The summed E-state index contributed by atoms with van der Waals surface area (Å²) in [7, 11) is 0. The van der Waals surface area contributed by atoms with Crippen molar-refractivity contribution in [3.8, 4) is 0 Å². The van der Waals surface area contributed by atoms with Gasteiger partial charge in [-0.2, -0.15) is 0 Å². The summed E-state index contributed by atoms with van der Waals surface area (Å²) in [5, 5.41) is 11.8. The second-order valence-corrected chi connectivity index (χ2v) is 13.5. The molecule has 13 heteroatoms. The topological polar surface area (TPSA) is 187 Å². The molecule has 6 N–H and O–H groups in total. The summed E-state index contributed by atoms with van der Waals surface area (Å²) in [5.74, 6) is -0.865. The molecule has 0 aliphatic rings. The lowest BCUT2D eigenvalue weighted by Crippen LogP contribution is -2.58. The minimum Gasteiger partial charge on any atom is -0.379 e. The van der Waals surface area contributed by atoms with E-state index in [2.05, 4.69) is 42.0 Å². The van der Waals surface area contributed by atoms with E-state index in [0.717, 1.165) is 77.0 Å². The van der Waals surface area contributed by atoms with Crippen LogP contribution < -0.4 is 27.0 Å². The van der Waals surface area contributed by atoms with Crippen LogP contribution in [0.5, 0.6) is 0 Å². The highest BCUT2D eigenvalue weighted by Gasteiger charge is 2.33. The van der Waals surface area contributed by atoms with E-state index < -0.39 is 11.4 Å². The van der Waals surface area contributed by atoms with Crippen molar-refractivity contribution in [2.24, 2.45) is 5.73 Å². The number of nitrogens with two attached hydrogens (primary N) is 1. The van der Waals surface area contributed by atoms with Gasteiger partial charge in [-0.3, -0.25) is 24.0 Å². The third-order valence-corrected chi connectivity index (χ3v) is 8.27. The van der Waals surface area contributed by atoms with Crippen molar-refractivity contribution in [3.63, 3.8) is 0 Å². The predicted molar refractivity (Wildman–Crippen MR) is 201 cm³/mol. The molecule has 298 valence electrons. The Bertz CT molecular complexity index is 832. The van der Waals surface area contributed by atoms with Gasteiger partial charge in [0.05, 0.1) is 19.8 Å². The smallest absolute Gasteiger partial charge is 0.221 e. The van der Waals surface area contributed by atoms with Gasteiger partial charge in [0.25, 0.3) is 0 Å². The highest BCUT2D eigenvalue weighted by Crippen LogP contribution is 2.12. The molecule has 0 unspecified atom stereocenters. The third-order valence-electron chi connectivity index (χ3n) is 8.27. The van der Waals surface area contributed by atoms with Gasteiger partial charge in [-0.25, -0.2) is 0 Å². The molecule has 0 aliphatic carbocycles. The molecular weight excluding hydrogens is 654 g/mol. The molecule has 0 spiro atoms. The molecule has 0 aromatic rings. The van der Waals surface area contributed by atoms with Crippen LogP contribution in [0, 0.1) is 0 Å². The van der Waals surface area contributed by atoms with Crippen molar-refractivity contribution in [1.29, 1.82) is 0 Å². The monoisotopic (exact) mass is 728 g/mol. The number of hydrogen-bond donors (Lipinski definition) is 5. The highest BCUT2D eigenvalue weighted by molar-refractivity contribution is 5.83. The molecule has 51 heavy (non-hydrogen) atoms. The largest absolute Gasteiger partial charge is 0.379 e. The Balaban J connectivity index is 5.15. The van der Waals surface area contributed by atoms with E-state index in [9.17, 15) is 24.0 Å². The molecule has 0 saturated carbocycles. The first-order valence-corrected chi connectivity index (χ1v) is 19.8. The van der Waals surface area contributed by atoms with Crippen molar-refractivity contribution in [1.82, 2.24) is 21.3 Å². The van der Waals surface area contributed by atoms with Gasteiger partial charge >= 0.3 is 0 Å². The molecule has 0 radical (unpaired) electrons. The zero-order chi connectivity index (χ0) is 37.8. The quantitative estimate of drug-likeness (QED) is 0.0575. The highest BCUT2D eigenvalue weighted by atomic mass is 16.5. The van der Waals surface area contributed by atoms with Gasteiger partial charge in [-0.15, -0.1) is 0 Å². The number of primary amides is 1. The fourth-order valence-corrected chi connectivity index (χ4v) is 5.24. The lowest BCUT2D eigenvalue weighted by atomic mass is 10.0. The Morgan fingerprint density at radius 2 is 0.804 bits per heavy atom. The Hall–Kier alpha value is -2.77. The molecule has 0 aliphatic heterocycles. The normalized spacial score (nSPS) is 11.3. The van der Waals surface area contributed by atoms with Gasteiger partial charge in [-0.1, -0.05) is 78.6 Å². The van der Waals surface area contributed by atoms with E-state index >= 15 is 0 Å². The minimum absolute atomic E-state index is 0.0318.